The minimum atomic E-state index is -0.367. The summed E-state index contributed by atoms with van der Waals surface area (Å²) >= 11 is 0. The number of hydrogen-bond donors (Lipinski definition) is 2. The molecule has 1 amide bonds. The Hall–Kier alpha value is -4.08. The van der Waals surface area contributed by atoms with Gasteiger partial charge in [-0.2, -0.15) is 0 Å². The second kappa shape index (κ2) is 7.27. The smallest absolute Gasteiger partial charge is 0.273 e. The highest BCUT2D eigenvalue weighted by Gasteiger charge is 2.09. The fraction of sp³-hybridized carbons (Fsp3) is 0.111. The van der Waals surface area contributed by atoms with Gasteiger partial charge in [0, 0.05) is 12.1 Å². The van der Waals surface area contributed by atoms with Crippen LogP contribution >= 0.6 is 0 Å². The van der Waals surface area contributed by atoms with Crippen LogP contribution in [0, 0.1) is 0 Å². The molecule has 10 heteroatoms. The number of amides is 1. The molecule has 0 aliphatic rings. The number of nitrogens with zero attached hydrogens (tertiary/aromatic N) is 5. The zero-order valence-electron chi connectivity index (χ0n) is 14.6. The molecule has 28 heavy (non-hydrogen) atoms. The Balaban J connectivity index is 1.44. The Kier molecular flexibility index (Phi) is 4.50. The van der Waals surface area contributed by atoms with Crippen molar-refractivity contribution in [3.8, 4) is 5.69 Å². The number of benzene rings is 2. The molecular weight excluding hydrogens is 362 g/mol. The van der Waals surface area contributed by atoms with Gasteiger partial charge in [-0.3, -0.25) is 19.5 Å². The number of fused-ring (bicyclic) bond motifs is 1. The van der Waals surface area contributed by atoms with Crippen molar-refractivity contribution in [3.63, 3.8) is 0 Å². The number of anilines is 1. The van der Waals surface area contributed by atoms with Crippen LogP contribution in [0.1, 0.15) is 6.42 Å². The summed E-state index contributed by atoms with van der Waals surface area (Å²) in [6.45, 7) is 0.0629. The van der Waals surface area contributed by atoms with Crippen LogP contribution in [0.2, 0.25) is 0 Å². The Bertz CT molecular complexity index is 1240. The summed E-state index contributed by atoms with van der Waals surface area (Å²) in [5.41, 5.74) is 0.645. The summed E-state index contributed by atoms with van der Waals surface area (Å²) in [7, 11) is 0. The van der Waals surface area contributed by atoms with Crippen molar-refractivity contribution in [2.45, 2.75) is 13.0 Å². The van der Waals surface area contributed by atoms with E-state index in [0.717, 1.165) is 10.4 Å². The van der Waals surface area contributed by atoms with E-state index in [0.29, 0.717) is 16.5 Å². The van der Waals surface area contributed by atoms with Crippen LogP contribution in [0.15, 0.2) is 64.4 Å². The summed E-state index contributed by atoms with van der Waals surface area (Å²) in [6, 6.07) is 13.5. The lowest BCUT2D eigenvalue weighted by Crippen LogP contribution is -2.31. The van der Waals surface area contributed by atoms with Crippen molar-refractivity contribution >= 4 is 22.4 Å². The SMILES string of the molecule is O=C(CCn1[nH]c(=O)c2ccccc2c1=O)Nc1ccc(-n2cnnn2)cc1. The van der Waals surface area contributed by atoms with Gasteiger partial charge in [0.05, 0.1) is 23.0 Å². The first-order chi connectivity index (χ1) is 13.6. The first-order valence-corrected chi connectivity index (χ1v) is 8.47. The molecule has 0 aliphatic heterocycles. The molecule has 10 nitrogen and oxygen atoms in total. The average Bonchev–Trinajstić information content (AvgIpc) is 3.25. The number of carbonyl (C=O) groups excluding carboxylic acids is 1. The highest BCUT2D eigenvalue weighted by atomic mass is 16.2. The summed E-state index contributed by atoms with van der Waals surface area (Å²) in [6.07, 6.45) is 1.50. The maximum Gasteiger partial charge on any atom is 0.273 e. The third-order valence-corrected chi connectivity index (χ3v) is 4.21. The molecule has 2 heterocycles. The van der Waals surface area contributed by atoms with Gasteiger partial charge < -0.3 is 5.32 Å². The molecule has 4 aromatic rings. The minimum absolute atomic E-state index is 0.0307. The monoisotopic (exact) mass is 377 g/mol. The standard InChI is InChI=1S/C18H15N7O3/c26-16(20-12-5-7-13(8-6-12)25-11-19-22-23-25)9-10-24-18(28)15-4-2-1-3-14(15)17(27)21-24/h1-8,11H,9-10H2,(H,20,26)(H,21,27). The van der Waals surface area contributed by atoms with Gasteiger partial charge in [0.15, 0.2) is 0 Å². The fourth-order valence-corrected chi connectivity index (χ4v) is 2.82. The topological polar surface area (TPSA) is 128 Å². The maximum absolute atomic E-state index is 12.4. The second-order valence-corrected chi connectivity index (χ2v) is 6.04. The number of carbonyl (C=O) groups is 1. The van der Waals surface area contributed by atoms with Gasteiger partial charge in [0.2, 0.25) is 5.91 Å². The quantitative estimate of drug-likeness (QED) is 0.527. The predicted molar refractivity (Wildman–Crippen MR) is 101 cm³/mol. The Morgan fingerprint density at radius 1 is 1.04 bits per heavy atom. The number of H-pyrrole nitrogens is 1. The first-order valence-electron chi connectivity index (χ1n) is 8.47. The molecule has 0 saturated heterocycles. The van der Waals surface area contributed by atoms with Gasteiger partial charge in [0.25, 0.3) is 11.1 Å². The zero-order valence-corrected chi connectivity index (χ0v) is 14.6. The van der Waals surface area contributed by atoms with E-state index in [1.54, 1.807) is 48.5 Å². The molecular formula is C18H15N7O3. The van der Waals surface area contributed by atoms with Crippen LogP contribution in [-0.4, -0.2) is 35.9 Å². The van der Waals surface area contributed by atoms with Crippen molar-refractivity contribution in [1.29, 1.82) is 0 Å². The van der Waals surface area contributed by atoms with E-state index in [9.17, 15) is 14.4 Å². The lowest BCUT2D eigenvalue weighted by Gasteiger charge is -2.08. The molecule has 2 aromatic carbocycles. The number of tetrazole rings is 1. The van der Waals surface area contributed by atoms with Crippen molar-refractivity contribution in [2.24, 2.45) is 0 Å². The zero-order chi connectivity index (χ0) is 19.5. The van der Waals surface area contributed by atoms with E-state index in [1.165, 1.54) is 11.0 Å². The Morgan fingerprint density at radius 3 is 2.50 bits per heavy atom. The molecule has 0 bridgehead atoms. The van der Waals surface area contributed by atoms with E-state index in [-0.39, 0.29) is 30.0 Å². The second-order valence-electron chi connectivity index (χ2n) is 6.04. The molecule has 0 aliphatic carbocycles. The van der Waals surface area contributed by atoms with Crippen LogP contribution in [-0.2, 0) is 11.3 Å². The molecule has 0 unspecified atom stereocenters. The minimum Gasteiger partial charge on any atom is -0.326 e. The van der Waals surface area contributed by atoms with Gasteiger partial charge >= 0.3 is 0 Å². The molecule has 2 N–H and O–H groups in total. The summed E-state index contributed by atoms with van der Waals surface area (Å²) in [4.78, 5) is 36.7. The highest BCUT2D eigenvalue weighted by molar-refractivity contribution is 5.90. The van der Waals surface area contributed by atoms with E-state index < -0.39 is 0 Å². The first kappa shape index (κ1) is 17.3. The number of aromatic nitrogens is 6. The van der Waals surface area contributed by atoms with E-state index in [4.69, 9.17) is 0 Å². The van der Waals surface area contributed by atoms with Gasteiger partial charge in [-0.1, -0.05) is 12.1 Å². The highest BCUT2D eigenvalue weighted by Crippen LogP contribution is 2.12. The fourth-order valence-electron chi connectivity index (χ4n) is 2.82. The van der Waals surface area contributed by atoms with Crippen molar-refractivity contribution in [2.75, 3.05) is 5.32 Å². The van der Waals surface area contributed by atoms with E-state index >= 15 is 0 Å². The van der Waals surface area contributed by atoms with E-state index in [1.807, 2.05) is 0 Å². The predicted octanol–water partition coefficient (Wildman–Crippen LogP) is 0.694. The summed E-state index contributed by atoms with van der Waals surface area (Å²) < 4.78 is 2.65. The average molecular weight is 377 g/mol. The number of nitrogens with one attached hydrogen (secondary N) is 2. The van der Waals surface area contributed by atoms with Crippen molar-refractivity contribution in [3.05, 3.63) is 75.6 Å². The third-order valence-electron chi connectivity index (χ3n) is 4.21. The van der Waals surface area contributed by atoms with Gasteiger partial charge in [-0.15, -0.1) is 5.10 Å². The van der Waals surface area contributed by atoms with Crippen LogP contribution in [0.4, 0.5) is 5.69 Å². The number of aryl methyl sites for hydroxylation is 1. The van der Waals surface area contributed by atoms with Gasteiger partial charge in [0.1, 0.15) is 6.33 Å². The largest absolute Gasteiger partial charge is 0.326 e. The molecule has 2 aromatic heterocycles. The lowest BCUT2D eigenvalue weighted by molar-refractivity contribution is -0.116. The Labute approximate surface area is 157 Å². The van der Waals surface area contributed by atoms with Gasteiger partial charge in [-0.05, 0) is 46.8 Å². The number of rotatable bonds is 5. The van der Waals surface area contributed by atoms with Crippen molar-refractivity contribution < 1.29 is 4.79 Å². The number of hydrogen-bond acceptors (Lipinski definition) is 6. The molecule has 0 spiro atoms. The molecule has 0 atom stereocenters. The summed E-state index contributed by atoms with van der Waals surface area (Å²) in [5, 5.41) is 16.8. The number of aromatic amines is 1. The van der Waals surface area contributed by atoms with Crippen LogP contribution in [0.3, 0.4) is 0 Å². The van der Waals surface area contributed by atoms with Crippen LogP contribution in [0.25, 0.3) is 16.5 Å². The van der Waals surface area contributed by atoms with Gasteiger partial charge in [-0.25, -0.2) is 9.36 Å². The molecule has 0 radical (unpaired) electrons. The Morgan fingerprint density at radius 2 is 1.79 bits per heavy atom. The van der Waals surface area contributed by atoms with Crippen LogP contribution in [0.5, 0.6) is 0 Å². The molecule has 0 fully saturated rings. The molecule has 0 saturated carbocycles. The summed E-state index contributed by atoms with van der Waals surface area (Å²) in [5.74, 6) is -0.281. The van der Waals surface area contributed by atoms with Crippen LogP contribution < -0.4 is 16.4 Å². The molecule has 140 valence electrons. The van der Waals surface area contributed by atoms with Crippen molar-refractivity contribution in [1.82, 2.24) is 30.0 Å². The normalized spacial score (nSPS) is 10.9. The molecule has 4 rings (SSSR count). The maximum atomic E-state index is 12.4. The van der Waals surface area contributed by atoms with E-state index in [2.05, 4.69) is 25.9 Å². The third kappa shape index (κ3) is 3.43. The lowest BCUT2D eigenvalue weighted by atomic mass is 10.2.